The molecule has 0 aromatic carbocycles. The van der Waals surface area contributed by atoms with Crippen molar-refractivity contribution in [2.24, 2.45) is 0 Å². The number of hydrogen-bond donors (Lipinski definition) is 1. The molecule has 0 aromatic heterocycles. The van der Waals surface area contributed by atoms with Gasteiger partial charge in [0.2, 0.25) is 0 Å². The van der Waals surface area contributed by atoms with Crippen LogP contribution < -0.4 is 0 Å². The first-order valence-corrected chi connectivity index (χ1v) is 1.49. The highest BCUT2D eigenvalue weighted by molar-refractivity contribution is 6.29. The molecule has 0 saturated carbocycles. The predicted molar refractivity (Wildman–Crippen MR) is 19.4 cm³/mol. The van der Waals surface area contributed by atoms with Gasteiger partial charge in [0, 0.05) is 0 Å². The van der Waals surface area contributed by atoms with Crippen molar-refractivity contribution in [1.29, 1.82) is 0 Å². The highest BCUT2D eigenvalue weighted by Gasteiger charge is 2.11. The Bertz CT molecular complexity index is 126. The molecule has 0 atom stereocenters. The third-order valence-electron chi connectivity index (χ3n) is 0.309. The topological polar surface area (TPSA) is 80.7 Å². The van der Waals surface area contributed by atoms with Gasteiger partial charge in [-0.3, -0.25) is 0 Å². The molecule has 1 N–H and O–H groups in total. The molecule has 0 heterocycles. The highest BCUT2D eigenvalue weighted by Crippen LogP contribution is 1.69. The van der Waals surface area contributed by atoms with Gasteiger partial charge in [0.05, 0.1) is 0 Å². The molecule has 0 bridgehead atoms. The van der Waals surface area contributed by atoms with Crippen molar-refractivity contribution >= 4 is 18.4 Å². The summed E-state index contributed by atoms with van der Waals surface area (Å²) in [4.78, 5) is 28.2. The normalized spacial score (nSPS) is 7.50. The van der Waals surface area contributed by atoms with Crippen molar-refractivity contribution in [2.45, 2.75) is 0 Å². The van der Waals surface area contributed by atoms with Crippen molar-refractivity contribution in [3.63, 3.8) is 0 Å². The van der Waals surface area contributed by atoms with Crippen molar-refractivity contribution in [1.82, 2.24) is 0 Å². The lowest BCUT2D eigenvalue weighted by molar-refractivity contribution is -0.158. The average Bonchev–Trinajstić information content (AvgIpc) is 1.67. The largest absolute Gasteiger partial charge is 0.473 e. The molecule has 5 nitrogen and oxygen atoms in total. The predicted octanol–water partition coefficient (Wildman–Crippen LogP) is -1.32. The third-order valence-corrected chi connectivity index (χ3v) is 0.309. The number of carboxylic acids is 1. The molecule has 0 unspecified atom stereocenters. The minimum absolute atomic E-state index is 0.668. The van der Waals surface area contributed by atoms with Crippen LogP contribution in [0.5, 0.6) is 0 Å². The van der Waals surface area contributed by atoms with Crippen LogP contribution in [-0.4, -0.2) is 23.5 Å². The summed E-state index contributed by atoms with van der Waals surface area (Å²) in [6, 6.07) is 0. The van der Waals surface area contributed by atoms with Gasteiger partial charge in [-0.25, -0.2) is 14.4 Å². The SMILES string of the molecule is O=[C]OC(=O)C(=O)O. The summed E-state index contributed by atoms with van der Waals surface area (Å²) in [6.07, 6.45) is 0. The van der Waals surface area contributed by atoms with Crippen LogP contribution in [0.25, 0.3) is 0 Å². The van der Waals surface area contributed by atoms with Crippen LogP contribution in [-0.2, 0) is 19.1 Å². The van der Waals surface area contributed by atoms with Gasteiger partial charge in [0.15, 0.2) is 0 Å². The van der Waals surface area contributed by atoms with Crippen LogP contribution >= 0.6 is 0 Å². The van der Waals surface area contributed by atoms with Crippen LogP contribution in [0.15, 0.2) is 0 Å². The monoisotopic (exact) mass is 117 g/mol. The van der Waals surface area contributed by atoms with Gasteiger partial charge in [0.25, 0.3) is 0 Å². The maximum Gasteiger partial charge on any atom is 0.426 e. The zero-order chi connectivity index (χ0) is 6.57. The van der Waals surface area contributed by atoms with E-state index in [2.05, 4.69) is 4.74 Å². The van der Waals surface area contributed by atoms with E-state index < -0.39 is 11.9 Å². The minimum Gasteiger partial charge on any atom is -0.473 e. The summed E-state index contributed by atoms with van der Waals surface area (Å²) in [5, 5.41) is 7.66. The number of rotatable bonds is 1. The lowest BCUT2D eigenvalue weighted by atomic mass is 10.7. The number of carbonyl (C=O) groups is 2. The lowest BCUT2D eigenvalue weighted by Gasteiger charge is -1.82. The fourth-order valence-corrected chi connectivity index (χ4v) is 0.0815. The van der Waals surface area contributed by atoms with Crippen molar-refractivity contribution in [2.75, 3.05) is 0 Å². The Morgan fingerprint density at radius 2 is 2.00 bits per heavy atom. The van der Waals surface area contributed by atoms with E-state index in [9.17, 15) is 9.59 Å². The maximum absolute atomic E-state index is 9.66. The van der Waals surface area contributed by atoms with E-state index >= 15 is 0 Å². The molecular weight excluding hydrogens is 116 g/mol. The highest BCUT2D eigenvalue weighted by atomic mass is 16.6. The molecule has 5 heteroatoms. The molecule has 0 rings (SSSR count). The van der Waals surface area contributed by atoms with Gasteiger partial charge in [-0.05, 0) is 0 Å². The second kappa shape index (κ2) is 2.73. The molecule has 0 aliphatic carbocycles. The fourth-order valence-electron chi connectivity index (χ4n) is 0.0815. The molecule has 43 valence electrons. The Hall–Kier alpha value is -1.39. The number of esters is 1. The molecule has 0 saturated heterocycles. The lowest BCUT2D eigenvalue weighted by Crippen LogP contribution is -2.14. The number of hydrogen-bond acceptors (Lipinski definition) is 4. The number of carbonyl (C=O) groups excluding carboxylic acids is 2. The Morgan fingerprint density at radius 1 is 1.50 bits per heavy atom. The first-order chi connectivity index (χ1) is 3.68. The van der Waals surface area contributed by atoms with Crippen LogP contribution in [0.4, 0.5) is 0 Å². The number of carboxylic acid groups (broad SMARTS) is 1. The van der Waals surface area contributed by atoms with E-state index in [0.29, 0.717) is 6.47 Å². The summed E-state index contributed by atoms with van der Waals surface area (Å²) >= 11 is 0. The molecule has 0 aromatic rings. The Morgan fingerprint density at radius 3 is 2.12 bits per heavy atom. The average molecular weight is 117 g/mol. The Kier molecular flexibility index (Phi) is 2.25. The van der Waals surface area contributed by atoms with E-state index in [-0.39, 0.29) is 0 Å². The van der Waals surface area contributed by atoms with E-state index in [1.165, 1.54) is 0 Å². The molecular formula is C3HO5. The van der Waals surface area contributed by atoms with Crippen molar-refractivity contribution in [3.05, 3.63) is 0 Å². The molecule has 0 amide bonds. The molecule has 8 heavy (non-hydrogen) atoms. The zero-order valence-electron chi connectivity index (χ0n) is 3.58. The number of aliphatic carboxylic acids is 1. The Balaban J connectivity index is 3.65. The fraction of sp³-hybridized carbons (Fsp3) is 0. The molecule has 0 fully saturated rings. The van der Waals surface area contributed by atoms with E-state index in [0.717, 1.165) is 0 Å². The quantitative estimate of drug-likeness (QED) is 0.262. The molecule has 0 aliphatic heterocycles. The summed E-state index contributed by atoms with van der Waals surface area (Å²) in [5.74, 6) is -3.44. The number of ether oxygens (including phenoxy) is 1. The second-order valence-corrected chi connectivity index (χ2v) is 0.778. The summed E-state index contributed by atoms with van der Waals surface area (Å²) in [6.45, 7) is 0.668. The smallest absolute Gasteiger partial charge is 0.426 e. The second-order valence-electron chi connectivity index (χ2n) is 0.778. The summed E-state index contributed by atoms with van der Waals surface area (Å²) < 4.78 is 3.26. The summed E-state index contributed by atoms with van der Waals surface area (Å²) in [7, 11) is 0. The van der Waals surface area contributed by atoms with Crippen LogP contribution in [0.1, 0.15) is 0 Å². The molecule has 0 spiro atoms. The first-order valence-electron chi connectivity index (χ1n) is 1.49. The third kappa shape index (κ3) is 1.91. The zero-order valence-corrected chi connectivity index (χ0v) is 3.58. The van der Waals surface area contributed by atoms with Gasteiger partial charge in [0.1, 0.15) is 0 Å². The van der Waals surface area contributed by atoms with E-state index in [4.69, 9.17) is 9.90 Å². The minimum atomic E-state index is -1.81. The van der Waals surface area contributed by atoms with Crippen LogP contribution in [0, 0.1) is 0 Å². The van der Waals surface area contributed by atoms with Crippen LogP contribution in [0.2, 0.25) is 0 Å². The summed E-state index contributed by atoms with van der Waals surface area (Å²) in [5.41, 5.74) is 0. The Labute approximate surface area is 43.9 Å². The maximum atomic E-state index is 9.66. The van der Waals surface area contributed by atoms with Gasteiger partial charge >= 0.3 is 18.4 Å². The van der Waals surface area contributed by atoms with Gasteiger partial charge in [-0.2, -0.15) is 0 Å². The van der Waals surface area contributed by atoms with E-state index in [1.807, 2.05) is 0 Å². The van der Waals surface area contributed by atoms with Crippen molar-refractivity contribution < 1.29 is 24.2 Å². The van der Waals surface area contributed by atoms with E-state index in [1.54, 1.807) is 0 Å². The molecule has 0 aliphatic rings. The van der Waals surface area contributed by atoms with Crippen LogP contribution in [0.3, 0.4) is 0 Å². The molecule has 1 radical (unpaired) electrons. The van der Waals surface area contributed by atoms with Gasteiger partial charge < -0.3 is 9.84 Å². The standard InChI is InChI=1S/C3HO5/c4-1-8-3(7)2(5)6/h(H,5,6). The van der Waals surface area contributed by atoms with Crippen molar-refractivity contribution in [3.8, 4) is 0 Å². The first kappa shape index (κ1) is 6.61. The van der Waals surface area contributed by atoms with Gasteiger partial charge in [-0.15, -0.1) is 0 Å². The van der Waals surface area contributed by atoms with Gasteiger partial charge in [-0.1, -0.05) is 0 Å².